The lowest BCUT2D eigenvalue weighted by Crippen LogP contribution is -2.66. The number of hydrogen-bond acceptors (Lipinski definition) is 5. The molecular formula is C30H37N3O2. The molecule has 2 aromatic rings. The molecule has 0 amide bonds. The zero-order valence-corrected chi connectivity index (χ0v) is 21.4. The van der Waals surface area contributed by atoms with E-state index in [9.17, 15) is 5.11 Å². The van der Waals surface area contributed by atoms with Crippen molar-refractivity contribution in [1.29, 1.82) is 0 Å². The Morgan fingerprint density at radius 3 is 2.83 bits per heavy atom. The number of likely N-dealkylation sites (N-methyl/N-ethyl adjacent to an activating group) is 1. The number of phenolic OH excluding ortho intramolecular Hbond substituents is 1. The Morgan fingerprint density at radius 1 is 1.17 bits per heavy atom. The van der Waals surface area contributed by atoms with E-state index in [0.29, 0.717) is 23.6 Å². The van der Waals surface area contributed by atoms with Crippen molar-refractivity contribution >= 4 is 5.69 Å². The Balaban J connectivity index is 1.43. The molecule has 5 heteroatoms. The highest BCUT2D eigenvalue weighted by Gasteiger charge is 2.66. The fourth-order valence-corrected chi connectivity index (χ4v) is 8.19. The summed E-state index contributed by atoms with van der Waals surface area (Å²) in [6.07, 6.45) is 3.24. The first-order valence-electron chi connectivity index (χ1n) is 13.4. The van der Waals surface area contributed by atoms with Gasteiger partial charge in [0.05, 0.1) is 12.4 Å². The van der Waals surface area contributed by atoms with Crippen LogP contribution in [0.1, 0.15) is 43.4 Å². The van der Waals surface area contributed by atoms with Crippen LogP contribution >= 0.6 is 0 Å². The van der Waals surface area contributed by atoms with Gasteiger partial charge in [-0.25, -0.2) is 0 Å². The predicted molar refractivity (Wildman–Crippen MR) is 139 cm³/mol. The van der Waals surface area contributed by atoms with E-state index >= 15 is 0 Å². The topological polar surface area (TPSA) is 39.2 Å². The minimum Gasteiger partial charge on any atom is -0.504 e. The number of benzene rings is 2. The lowest BCUT2D eigenvalue weighted by atomic mass is 9.51. The zero-order valence-electron chi connectivity index (χ0n) is 21.4. The zero-order chi connectivity index (χ0) is 24.1. The van der Waals surface area contributed by atoms with Crippen molar-refractivity contribution in [2.24, 2.45) is 11.8 Å². The van der Waals surface area contributed by atoms with E-state index in [4.69, 9.17) is 4.74 Å². The van der Waals surface area contributed by atoms with Gasteiger partial charge in [0.15, 0.2) is 11.5 Å². The molecule has 5 nitrogen and oxygen atoms in total. The Hall–Kier alpha value is -2.50. The summed E-state index contributed by atoms with van der Waals surface area (Å²) in [6.45, 7) is 10.9. The van der Waals surface area contributed by atoms with Gasteiger partial charge in [-0.2, -0.15) is 0 Å². The molecule has 3 heterocycles. The van der Waals surface area contributed by atoms with Gasteiger partial charge in [0.2, 0.25) is 0 Å². The van der Waals surface area contributed by atoms with E-state index in [0.717, 1.165) is 51.3 Å². The second-order valence-corrected chi connectivity index (χ2v) is 12.1. The third kappa shape index (κ3) is 2.94. The maximum atomic E-state index is 10.9. The van der Waals surface area contributed by atoms with Gasteiger partial charge in [0, 0.05) is 35.8 Å². The molecule has 4 atom stereocenters. The molecular weight excluding hydrogens is 434 g/mol. The Bertz CT molecular complexity index is 1240. The van der Waals surface area contributed by atoms with Crippen molar-refractivity contribution in [3.63, 3.8) is 0 Å². The third-order valence-electron chi connectivity index (χ3n) is 9.45. The minimum absolute atomic E-state index is 0.0310. The molecule has 1 unspecified atom stereocenters. The van der Waals surface area contributed by atoms with Crippen molar-refractivity contribution < 1.29 is 9.84 Å². The predicted octanol–water partition coefficient (Wildman–Crippen LogP) is 4.67. The van der Waals surface area contributed by atoms with E-state index < -0.39 is 0 Å². The van der Waals surface area contributed by atoms with Crippen LogP contribution in [-0.2, 0) is 11.8 Å². The number of likely N-dealkylation sites (tertiary alicyclic amines) is 1. The molecule has 184 valence electrons. The molecule has 2 bridgehead atoms. The van der Waals surface area contributed by atoms with Crippen LogP contribution in [0.25, 0.3) is 0 Å². The summed E-state index contributed by atoms with van der Waals surface area (Å²) < 4.78 is 6.93. The number of fused-ring (bicyclic) bond motifs is 1. The van der Waals surface area contributed by atoms with E-state index in [1.165, 1.54) is 28.1 Å². The second-order valence-electron chi connectivity index (χ2n) is 12.1. The first kappa shape index (κ1) is 21.8. The molecule has 1 saturated heterocycles. The summed E-state index contributed by atoms with van der Waals surface area (Å²) in [5.41, 5.74) is 8.13. The normalized spacial score (nSPS) is 31.5. The van der Waals surface area contributed by atoms with Gasteiger partial charge < -0.3 is 19.6 Å². The molecule has 2 aliphatic carbocycles. The highest BCUT2D eigenvalue weighted by atomic mass is 16.5. The van der Waals surface area contributed by atoms with Crippen LogP contribution in [0.3, 0.4) is 0 Å². The molecule has 1 N–H and O–H groups in total. The van der Waals surface area contributed by atoms with Crippen LogP contribution in [0.5, 0.6) is 11.5 Å². The number of rotatable bonds is 3. The molecule has 3 aliphatic heterocycles. The quantitative estimate of drug-likeness (QED) is 0.705. The number of piperidine rings is 1. The Labute approximate surface area is 209 Å². The fraction of sp³-hybridized carbons (Fsp3) is 0.533. The molecule has 7 rings (SSSR count). The van der Waals surface area contributed by atoms with Crippen LogP contribution in [0.15, 0.2) is 47.7 Å². The molecule has 5 aliphatic rings. The van der Waals surface area contributed by atoms with Crippen molar-refractivity contribution in [2.75, 3.05) is 38.3 Å². The summed E-state index contributed by atoms with van der Waals surface area (Å²) in [4.78, 5) is 7.77. The van der Waals surface area contributed by atoms with Crippen LogP contribution in [0.4, 0.5) is 5.69 Å². The summed E-state index contributed by atoms with van der Waals surface area (Å²) in [6, 6.07) is 13.5. The van der Waals surface area contributed by atoms with E-state index in [-0.39, 0.29) is 11.5 Å². The average Bonchev–Trinajstić information content (AvgIpc) is 3.17. The van der Waals surface area contributed by atoms with Gasteiger partial charge in [-0.3, -0.25) is 4.90 Å². The van der Waals surface area contributed by atoms with Gasteiger partial charge in [-0.1, -0.05) is 32.0 Å². The third-order valence-corrected chi connectivity index (χ3v) is 9.45. The van der Waals surface area contributed by atoms with Gasteiger partial charge in [-0.15, -0.1) is 0 Å². The van der Waals surface area contributed by atoms with Crippen molar-refractivity contribution in [2.45, 2.75) is 57.6 Å². The molecule has 1 spiro atoms. The number of ether oxygens (including phenoxy) is 1. The smallest absolute Gasteiger partial charge is 0.166 e. The highest BCUT2D eigenvalue weighted by molar-refractivity contribution is 5.66. The van der Waals surface area contributed by atoms with E-state index in [2.05, 4.69) is 72.9 Å². The van der Waals surface area contributed by atoms with Crippen LogP contribution in [-0.4, -0.2) is 60.4 Å². The molecule has 35 heavy (non-hydrogen) atoms. The lowest BCUT2D eigenvalue weighted by Gasteiger charge is -2.60. The molecule has 0 radical (unpaired) electrons. The largest absolute Gasteiger partial charge is 0.504 e. The van der Waals surface area contributed by atoms with Gasteiger partial charge >= 0.3 is 0 Å². The van der Waals surface area contributed by atoms with E-state index in [1.54, 1.807) is 5.57 Å². The summed E-state index contributed by atoms with van der Waals surface area (Å²) in [5.74, 6) is 2.23. The number of phenols is 1. The van der Waals surface area contributed by atoms with Gasteiger partial charge in [-0.05, 0) is 86.5 Å². The monoisotopic (exact) mass is 471 g/mol. The van der Waals surface area contributed by atoms with Crippen LogP contribution in [0.2, 0.25) is 0 Å². The summed E-state index contributed by atoms with van der Waals surface area (Å²) >= 11 is 0. The highest BCUT2D eigenvalue weighted by Crippen LogP contribution is 2.65. The standard InChI is InChI=1S/C30H37N3O2/c1-18(2)15-32-16-21-13-23-24-14-20-8-9-25(34)28-26(20)30(23,10-11-31(24)4)29(35-28)27(21)33(17-32)22-7-5-6-19(3)12-22/h5-9,12,18,23-24,29,34H,10-11,13-17H2,1-4H3/t23-,24+,29?,30-/m0/s1. The first-order chi connectivity index (χ1) is 16.9. The molecule has 0 saturated carbocycles. The van der Waals surface area contributed by atoms with Crippen molar-refractivity contribution in [3.05, 3.63) is 64.4 Å². The SMILES string of the molecule is Cc1cccc(N2CN(CC(C)C)CC3=C2C2Oc4c(O)ccc5c4[C@@]24CCN(C)[C@H](C5)[C@@H]4C3)c1. The average molecular weight is 472 g/mol. The van der Waals surface area contributed by atoms with Gasteiger partial charge in [0.1, 0.15) is 6.10 Å². The first-order valence-corrected chi connectivity index (χ1v) is 13.4. The lowest BCUT2D eigenvalue weighted by molar-refractivity contribution is -0.0157. The second kappa shape index (κ2) is 7.50. The number of aromatic hydroxyl groups is 1. The summed E-state index contributed by atoms with van der Waals surface area (Å²) in [5, 5.41) is 10.9. The summed E-state index contributed by atoms with van der Waals surface area (Å²) in [7, 11) is 2.31. The maximum Gasteiger partial charge on any atom is 0.166 e. The van der Waals surface area contributed by atoms with Crippen molar-refractivity contribution in [1.82, 2.24) is 9.80 Å². The number of nitrogens with zero attached hydrogens (tertiary/aromatic N) is 3. The molecule has 2 aromatic carbocycles. The number of aryl methyl sites for hydroxylation is 1. The van der Waals surface area contributed by atoms with Gasteiger partial charge in [0.25, 0.3) is 0 Å². The van der Waals surface area contributed by atoms with Crippen molar-refractivity contribution in [3.8, 4) is 11.5 Å². The van der Waals surface area contributed by atoms with Crippen LogP contribution < -0.4 is 9.64 Å². The van der Waals surface area contributed by atoms with E-state index in [1.807, 2.05) is 6.07 Å². The Morgan fingerprint density at radius 2 is 2.03 bits per heavy atom. The Kier molecular flexibility index (Phi) is 4.66. The number of anilines is 1. The molecule has 0 aromatic heterocycles. The minimum atomic E-state index is -0.0417. The maximum absolute atomic E-state index is 10.9. The fourth-order valence-electron chi connectivity index (χ4n) is 8.19. The molecule has 1 fully saturated rings. The van der Waals surface area contributed by atoms with Crippen LogP contribution in [0, 0.1) is 18.8 Å². The number of hydrogen-bond donors (Lipinski definition) is 1.